The molecule has 2 rings (SSSR count). The summed E-state index contributed by atoms with van der Waals surface area (Å²) in [6, 6.07) is 5.49. The number of nitrogens with one attached hydrogen (secondary N) is 2. The molecule has 1 saturated heterocycles. The molecule has 1 aliphatic heterocycles. The number of hydrogen-bond donors (Lipinski definition) is 2. The first kappa shape index (κ1) is 15.6. The van der Waals surface area contributed by atoms with Crippen molar-refractivity contribution in [3.05, 3.63) is 18.2 Å². The maximum atomic E-state index is 12.2. The standard InChI is InChI=1S/C16H24N2O3/c1-3-4-9-21-15-6-5-13(20-2)10-14(15)18-16(19)12-7-8-17-11-12/h5-6,10,12,17H,3-4,7-9,11H2,1-2H3,(H,18,19). The van der Waals surface area contributed by atoms with Gasteiger partial charge in [-0.2, -0.15) is 0 Å². The second kappa shape index (κ2) is 7.88. The fourth-order valence-corrected chi connectivity index (χ4v) is 2.30. The fraction of sp³-hybridized carbons (Fsp3) is 0.562. The maximum Gasteiger partial charge on any atom is 0.228 e. The van der Waals surface area contributed by atoms with Crippen LogP contribution in [0.15, 0.2) is 18.2 Å². The molecule has 0 aromatic heterocycles. The van der Waals surface area contributed by atoms with E-state index < -0.39 is 0 Å². The van der Waals surface area contributed by atoms with Crippen molar-refractivity contribution in [1.82, 2.24) is 5.32 Å². The number of ether oxygens (including phenoxy) is 2. The van der Waals surface area contributed by atoms with Crippen LogP contribution >= 0.6 is 0 Å². The lowest BCUT2D eigenvalue weighted by Gasteiger charge is -2.15. The van der Waals surface area contributed by atoms with Gasteiger partial charge in [0.2, 0.25) is 5.91 Å². The van der Waals surface area contributed by atoms with E-state index in [4.69, 9.17) is 9.47 Å². The average molecular weight is 292 g/mol. The molecule has 1 heterocycles. The van der Waals surface area contributed by atoms with Crippen LogP contribution in [0.2, 0.25) is 0 Å². The average Bonchev–Trinajstić information content (AvgIpc) is 3.03. The highest BCUT2D eigenvalue weighted by Gasteiger charge is 2.23. The molecule has 0 saturated carbocycles. The molecular formula is C16H24N2O3. The molecular weight excluding hydrogens is 268 g/mol. The Kier molecular flexibility index (Phi) is 5.87. The normalized spacial score (nSPS) is 17.5. The van der Waals surface area contributed by atoms with Crippen molar-refractivity contribution in [2.45, 2.75) is 26.2 Å². The van der Waals surface area contributed by atoms with Crippen LogP contribution in [0, 0.1) is 5.92 Å². The number of benzene rings is 1. The SMILES string of the molecule is CCCCOc1ccc(OC)cc1NC(=O)C1CCNC1. The lowest BCUT2D eigenvalue weighted by atomic mass is 10.1. The molecule has 5 nitrogen and oxygen atoms in total. The number of carbonyl (C=O) groups excluding carboxylic acids is 1. The van der Waals surface area contributed by atoms with Gasteiger partial charge < -0.3 is 20.1 Å². The van der Waals surface area contributed by atoms with E-state index in [-0.39, 0.29) is 11.8 Å². The smallest absolute Gasteiger partial charge is 0.228 e. The minimum atomic E-state index is 0.0275. The van der Waals surface area contributed by atoms with Crippen molar-refractivity contribution in [2.24, 2.45) is 5.92 Å². The molecule has 1 aromatic rings. The predicted molar refractivity (Wildman–Crippen MR) is 83.0 cm³/mol. The molecule has 1 fully saturated rings. The van der Waals surface area contributed by atoms with Crippen molar-refractivity contribution >= 4 is 11.6 Å². The number of carbonyl (C=O) groups is 1. The first-order valence-electron chi connectivity index (χ1n) is 7.57. The third-order valence-corrected chi connectivity index (χ3v) is 3.63. The van der Waals surface area contributed by atoms with Gasteiger partial charge in [0.25, 0.3) is 0 Å². The first-order valence-corrected chi connectivity index (χ1v) is 7.57. The molecule has 2 N–H and O–H groups in total. The number of hydrogen-bond acceptors (Lipinski definition) is 4. The van der Waals surface area contributed by atoms with Gasteiger partial charge in [0, 0.05) is 12.6 Å². The Labute approximate surface area is 126 Å². The summed E-state index contributed by atoms with van der Waals surface area (Å²) < 4.78 is 11.0. The van der Waals surface area contributed by atoms with Crippen LogP contribution in [-0.4, -0.2) is 32.7 Å². The molecule has 21 heavy (non-hydrogen) atoms. The second-order valence-electron chi connectivity index (χ2n) is 5.24. The molecule has 116 valence electrons. The van der Waals surface area contributed by atoms with Crippen LogP contribution in [-0.2, 0) is 4.79 Å². The van der Waals surface area contributed by atoms with E-state index in [1.165, 1.54) is 0 Å². The Morgan fingerprint density at radius 1 is 1.48 bits per heavy atom. The summed E-state index contributed by atoms with van der Waals surface area (Å²) in [5.74, 6) is 1.47. The summed E-state index contributed by atoms with van der Waals surface area (Å²) in [4.78, 5) is 12.2. The predicted octanol–water partition coefficient (Wildman–Crippen LogP) is 2.42. The van der Waals surface area contributed by atoms with E-state index in [0.717, 1.165) is 32.4 Å². The van der Waals surface area contributed by atoms with Crippen molar-refractivity contribution in [3.8, 4) is 11.5 Å². The Bertz CT molecular complexity index is 471. The molecule has 1 aliphatic rings. The fourth-order valence-electron chi connectivity index (χ4n) is 2.30. The van der Waals surface area contributed by atoms with Crippen LogP contribution in [0.1, 0.15) is 26.2 Å². The highest BCUT2D eigenvalue weighted by Crippen LogP contribution is 2.30. The summed E-state index contributed by atoms with van der Waals surface area (Å²) >= 11 is 0. The Hall–Kier alpha value is -1.75. The van der Waals surface area contributed by atoms with Gasteiger partial charge in [-0.3, -0.25) is 4.79 Å². The number of methoxy groups -OCH3 is 1. The topological polar surface area (TPSA) is 59.6 Å². The molecule has 0 aliphatic carbocycles. The molecule has 1 amide bonds. The molecule has 1 aromatic carbocycles. The Balaban J connectivity index is 2.07. The van der Waals surface area contributed by atoms with Crippen LogP contribution in [0.3, 0.4) is 0 Å². The minimum absolute atomic E-state index is 0.0275. The summed E-state index contributed by atoms with van der Waals surface area (Å²) in [5.41, 5.74) is 0.683. The molecule has 0 bridgehead atoms. The van der Waals surface area contributed by atoms with Crippen molar-refractivity contribution in [1.29, 1.82) is 0 Å². The van der Waals surface area contributed by atoms with Gasteiger partial charge in [0.05, 0.1) is 25.3 Å². The van der Waals surface area contributed by atoms with Crippen LogP contribution in [0.25, 0.3) is 0 Å². The van der Waals surface area contributed by atoms with Crippen molar-refractivity contribution in [3.63, 3.8) is 0 Å². The second-order valence-corrected chi connectivity index (χ2v) is 5.24. The van der Waals surface area contributed by atoms with E-state index in [0.29, 0.717) is 23.8 Å². The Morgan fingerprint density at radius 2 is 2.33 bits per heavy atom. The van der Waals surface area contributed by atoms with Crippen molar-refractivity contribution in [2.75, 3.05) is 32.1 Å². The zero-order chi connectivity index (χ0) is 15.1. The minimum Gasteiger partial charge on any atom is -0.497 e. The third kappa shape index (κ3) is 4.36. The number of unbranched alkanes of at least 4 members (excludes halogenated alkanes) is 1. The van der Waals surface area contributed by atoms with Crippen LogP contribution in [0.4, 0.5) is 5.69 Å². The lowest BCUT2D eigenvalue weighted by molar-refractivity contribution is -0.119. The highest BCUT2D eigenvalue weighted by atomic mass is 16.5. The van der Waals surface area contributed by atoms with Gasteiger partial charge in [-0.1, -0.05) is 13.3 Å². The molecule has 0 spiro atoms. The Morgan fingerprint density at radius 3 is 3.00 bits per heavy atom. The summed E-state index contributed by atoms with van der Waals surface area (Å²) in [6.45, 7) is 4.40. The number of anilines is 1. The van der Waals surface area contributed by atoms with Gasteiger partial charge in [-0.05, 0) is 31.5 Å². The number of amides is 1. The third-order valence-electron chi connectivity index (χ3n) is 3.63. The lowest BCUT2D eigenvalue weighted by Crippen LogP contribution is -2.25. The molecule has 1 unspecified atom stereocenters. The molecule has 0 radical (unpaired) electrons. The number of rotatable bonds is 7. The van der Waals surface area contributed by atoms with Crippen LogP contribution < -0.4 is 20.1 Å². The highest BCUT2D eigenvalue weighted by molar-refractivity contribution is 5.94. The van der Waals surface area contributed by atoms with E-state index >= 15 is 0 Å². The van der Waals surface area contributed by atoms with E-state index in [9.17, 15) is 4.79 Å². The quantitative estimate of drug-likeness (QED) is 0.758. The summed E-state index contributed by atoms with van der Waals surface area (Å²) in [7, 11) is 1.61. The molecule has 5 heteroatoms. The van der Waals surface area contributed by atoms with Gasteiger partial charge in [-0.15, -0.1) is 0 Å². The zero-order valence-corrected chi connectivity index (χ0v) is 12.8. The van der Waals surface area contributed by atoms with Gasteiger partial charge in [-0.25, -0.2) is 0 Å². The van der Waals surface area contributed by atoms with Gasteiger partial charge in [0.1, 0.15) is 11.5 Å². The van der Waals surface area contributed by atoms with Crippen molar-refractivity contribution < 1.29 is 14.3 Å². The summed E-state index contributed by atoms with van der Waals surface area (Å²) in [5, 5.41) is 6.17. The van der Waals surface area contributed by atoms with E-state index in [2.05, 4.69) is 17.6 Å². The van der Waals surface area contributed by atoms with E-state index in [1.54, 1.807) is 7.11 Å². The maximum absolute atomic E-state index is 12.2. The monoisotopic (exact) mass is 292 g/mol. The van der Waals surface area contributed by atoms with E-state index in [1.807, 2.05) is 18.2 Å². The summed E-state index contributed by atoms with van der Waals surface area (Å²) in [6.07, 6.45) is 2.94. The van der Waals surface area contributed by atoms with Crippen LogP contribution in [0.5, 0.6) is 11.5 Å². The largest absolute Gasteiger partial charge is 0.497 e. The van der Waals surface area contributed by atoms with Gasteiger partial charge >= 0.3 is 0 Å². The van der Waals surface area contributed by atoms with Gasteiger partial charge in [0.15, 0.2) is 0 Å². The molecule has 1 atom stereocenters. The zero-order valence-electron chi connectivity index (χ0n) is 12.8. The first-order chi connectivity index (χ1) is 10.2.